The molecule has 1 heterocycles. The van der Waals surface area contributed by atoms with Crippen molar-refractivity contribution in [2.45, 2.75) is 65.3 Å². The van der Waals surface area contributed by atoms with Crippen LogP contribution in [0.25, 0.3) is 0 Å². The standard InChI is InChI=1S/C18H30N2/c1-4-11-19-18(17-8-6-7-14(17)3)12-16-10-9-15(5-2)13-20-16/h9-10,13-14,17-19H,4-8,11-12H2,1-3H3. The van der Waals surface area contributed by atoms with Gasteiger partial charge in [-0.2, -0.15) is 0 Å². The lowest BCUT2D eigenvalue weighted by molar-refractivity contribution is 0.294. The highest BCUT2D eigenvalue weighted by molar-refractivity contribution is 5.15. The molecule has 1 aliphatic carbocycles. The number of rotatable bonds is 7. The average molecular weight is 274 g/mol. The topological polar surface area (TPSA) is 24.9 Å². The van der Waals surface area contributed by atoms with Crippen molar-refractivity contribution in [1.82, 2.24) is 10.3 Å². The van der Waals surface area contributed by atoms with Crippen molar-refractivity contribution in [2.24, 2.45) is 11.8 Å². The smallest absolute Gasteiger partial charge is 0.0419 e. The molecule has 1 aliphatic rings. The fraction of sp³-hybridized carbons (Fsp3) is 0.722. The van der Waals surface area contributed by atoms with Crippen LogP contribution < -0.4 is 5.32 Å². The van der Waals surface area contributed by atoms with E-state index in [9.17, 15) is 0 Å². The third-order valence-corrected chi connectivity index (χ3v) is 4.82. The van der Waals surface area contributed by atoms with Crippen LogP contribution in [-0.4, -0.2) is 17.6 Å². The molecule has 3 unspecified atom stereocenters. The van der Waals surface area contributed by atoms with Crippen molar-refractivity contribution < 1.29 is 0 Å². The van der Waals surface area contributed by atoms with Crippen LogP contribution in [-0.2, 0) is 12.8 Å². The van der Waals surface area contributed by atoms with Crippen LogP contribution in [0.4, 0.5) is 0 Å². The largest absolute Gasteiger partial charge is 0.313 e. The number of aryl methyl sites for hydroxylation is 1. The predicted octanol–water partition coefficient (Wildman–Crippen LogP) is 3.99. The molecule has 0 spiro atoms. The van der Waals surface area contributed by atoms with Crippen molar-refractivity contribution in [3.63, 3.8) is 0 Å². The average Bonchev–Trinajstić information content (AvgIpc) is 2.90. The Morgan fingerprint density at radius 1 is 1.30 bits per heavy atom. The maximum Gasteiger partial charge on any atom is 0.0419 e. The van der Waals surface area contributed by atoms with E-state index < -0.39 is 0 Å². The first-order valence-corrected chi connectivity index (χ1v) is 8.41. The third-order valence-electron chi connectivity index (χ3n) is 4.82. The Balaban J connectivity index is 2.01. The molecule has 1 aromatic heterocycles. The van der Waals surface area contributed by atoms with Crippen LogP contribution in [0.2, 0.25) is 0 Å². The summed E-state index contributed by atoms with van der Waals surface area (Å²) in [6, 6.07) is 5.06. The molecule has 2 nitrogen and oxygen atoms in total. The van der Waals surface area contributed by atoms with Crippen LogP contribution in [0, 0.1) is 11.8 Å². The lowest BCUT2D eigenvalue weighted by Crippen LogP contribution is -2.39. The molecule has 2 heteroatoms. The van der Waals surface area contributed by atoms with E-state index in [1.165, 1.54) is 36.9 Å². The summed E-state index contributed by atoms with van der Waals surface area (Å²) in [5, 5.41) is 3.78. The molecule has 20 heavy (non-hydrogen) atoms. The monoisotopic (exact) mass is 274 g/mol. The fourth-order valence-corrected chi connectivity index (χ4v) is 3.49. The zero-order valence-electron chi connectivity index (χ0n) is 13.4. The summed E-state index contributed by atoms with van der Waals surface area (Å²) >= 11 is 0. The van der Waals surface area contributed by atoms with Gasteiger partial charge in [-0.05, 0) is 49.3 Å². The molecule has 0 aromatic carbocycles. The van der Waals surface area contributed by atoms with Crippen LogP contribution in [0.1, 0.15) is 57.7 Å². The molecule has 0 bridgehead atoms. The second-order valence-corrected chi connectivity index (χ2v) is 6.35. The minimum atomic E-state index is 0.604. The summed E-state index contributed by atoms with van der Waals surface area (Å²) in [5.74, 6) is 1.69. The summed E-state index contributed by atoms with van der Waals surface area (Å²) in [6.45, 7) is 7.98. The molecule has 1 aromatic rings. The summed E-state index contributed by atoms with van der Waals surface area (Å²) < 4.78 is 0. The molecule has 0 aliphatic heterocycles. The molecular formula is C18H30N2. The lowest BCUT2D eigenvalue weighted by atomic mass is 9.87. The number of hydrogen-bond donors (Lipinski definition) is 1. The third kappa shape index (κ3) is 4.05. The van der Waals surface area contributed by atoms with E-state index in [1.54, 1.807) is 0 Å². The van der Waals surface area contributed by atoms with Gasteiger partial charge in [0.2, 0.25) is 0 Å². The summed E-state index contributed by atoms with van der Waals surface area (Å²) in [6.07, 6.45) is 9.60. The second-order valence-electron chi connectivity index (χ2n) is 6.35. The highest BCUT2D eigenvalue weighted by Crippen LogP contribution is 2.34. The van der Waals surface area contributed by atoms with Crippen molar-refractivity contribution in [3.8, 4) is 0 Å². The Hall–Kier alpha value is -0.890. The van der Waals surface area contributed by atoms with Gasteiger partial charge in [0.1, 0.15) is 0 Å². The Morgan fingerprint density at radius 3 is 2.70 bits per heavy atom. The highest BCUT2D eigenvalue weighted by atomic mass is 14.9. The first-order valence-electron chi connectivity index (χ1n) is 8.41. The Kier molecular flexibility index (Phi) is 6.03. The van der Waals surface area contributed by atoms with Gasteiger partial charge in [0.25, 0.3) is 0 Å². The normalized spacial score (nSPS) is 23.9. The molecule has 1 fully saturated rings. The Bertz CT molecular complexity index is 385. The van der Waals surface area contributed by atoms with E-state index in [0.717, 1.165) is 31.2 Å². The molecule has 3 atom stereocenters. The van der Waals surface area contributed by atoms with Crippen LogP contribution in [0.5, 0.6) is 0 Å². The van der Waals surface area contributed by atoms with Gasteiger partial charge in [-0.15, -0.1) is 0 Å². The predicted molar refractivity (Wildman–Crippen MR) is 85.9 cm³/mol. The van der Waals surface area contributed by atoms with Gasteiger partial charge in [0.15, 0.2) is 0 Å². The molecule has 1 saturated carbocycles. The van der Waals surface area contributed by atoms with E-state index in [2.05, 4.69) is 43.2 Å². The Labute approximate surface area is 124 Å². The molecular weight excluding hydrogens is 244 g/mol. The van der Waals surface area contributed by atoms with Crippen molar-refractivity contribution >= 4 is 0 Å². The molecule has 0 amide bonds. The van der Waals surface area contributed by atoms with Crippen molar-refractivity contribution in [3.05, 3.63) is 29.6 Å². The van der Waals surface area contributed by atoms with E-state index in [-0.39, 0.29) is 0 Å². The van der Waals surface area contributed by atoms with Crippen LogP contribution in [0.15, 0.2) is 18.3 Å². The Morgan fingerprint density at radius 2 is 2.15 bits per heavy atom. The second kappa shape index (κ2) is 7.78. The minimum absolute atomic E-state index is 0.604. The summed E-state index contributed by atoms with van der Waals surface area (Å²) in [5.41, 5.74) is 2.58. The lowest BCUT2D eigenvalue weighted by Gasteiger charge is -2.28. The van der Waals surface area contributed by atoms with E-state index >= 15 is 0 Å². The fourth-order valence-electron chi connectivity index (χ4n) is 3.49. The van der Waals surface area contributed by atoms with Crippen LogP contribution in [0.3, 0.4) is 0 Å². The van der Waals surface area contributed by atoms with Gasteiger partial charge in [0, 0.05) is 24.4 Å². The number of aromatic nitrogens is 1. The highest BCUT2D eigenvalue weighted by Gasteiger charge is 2.30. The van der Waals surface area contributed by atoms with E-state index in [4.69, 9.17) is 0 Å². The summed E-state index contributed by atoms with van der Waals surface area (Å²) in [7, 11) is 0. The van der Waals surface area contributed by atoms with E-state index in [0.29, 0.717) is 6.04 Å². The minimum Gasteiger partial charge on any atom is -0.313 e. The molecule has 112 valence electrons. The maximum atomic E-state index is 4.65. The van der Waals surface area contributed by atoms with Crippen molar-refractivity contribution in [1.29, 1.82) is 0 Å². The number of nitrogens with one attached hydrogen (secondary N) is 1. The van der Waals surface area contributed by atoms with E-state index in [1.807, 2.05) is 6.20 Å². The van der Waals surface area contributed by atoms with Gasteiger partial charge in [-0.25, -0.2) is 0 Å². The van der Waals surface area contributed by atoms with Gasteiger partial charge >= 0.3 is 0 Å². The molecule has 2 rings (SSSR count). The maximum absolute atomic E-state index is 4.65. The molecule has 0 radical (unpaired) electrons. The van der Waals surface area contributed by atoms with Gasteiger partial charge in [-0.1, -0.05) is 39.7 Å². The first kappa shape index (κ1) is 15.5. The number of nitrogens with zero attached hydrogens (tertiary/aromatic N) is 1. The summed E-state index contributed by atoms with van der Waals surface area (Å²) in [4.78, 5) is 4.65. The van der Waals surface area contributed by atoms with Gasteiger partial charge in [-0.3, -0.25) is 4.98 Å². The van der Waals surface area contributed by atoms with Crippen LogP contribution >= 0.6 is 0 Å². The zero-order chi connectivity index (χ0) is 14.4. The van der Waals surface area contributed by atoms with Gasteiger partial charge < -0.3 is 5.32 Å². The zero-order valence-corrected chi connectivity index (χ0v) is 13.4. The molecule has 0 saturated heterocycles. The number of hydrogen-bond acceptors (Lipinski definition) is 2. The molecule has 1 N–H and O–H groups in total. The van der Waals surface area contributed by atoms with Gasteiger partial charge in [0.05, 0.1) is 0 Å². The first-order chi connectivity index (χ1) is 9.74. The van der Waals surface area contributed by atoms with Crippen molar-refractivity contribution in [2.75, 3.05) is 6.54 Å². The SMILES string of the molecule is CCCNC(Cc1ccc(CC)cn1)C1CCCC1C. The quantitative estimate of drug-likeness (QED) is 0.813. The number of pyridine rings is 1.